The lowest BCUT2D eigenvalue weighted by atomic mass is 10.2. The summed E-state index contributed by atoms with van der Waals surface area (Å²) in [5, 5.41) is 0. The van der Waals surface area contributed by atoms with Crippen LogP contribution in [0.3, 0.4) is 0 Å². The van der Waals surface area contributed by atoms with E-state index < -0.39 is 49.4 Å². The van der Waals surface area contributed by atoms with Gasteiger partial charge in [0.15, 0.2) is 6.61 Å². The third-order valence-electron chi connectivity index (χ3n) is 3.02. The molecule has 0 fully saturated rings. The van der Waals surface area contributed by atoms with Crippen LogP contribution in [-0.2, 0) is 19.1 Å². The summed E-state index contributed by atoms with van der Waals surface area (Å²) in [4.78, 5) is 22.3. The number of hydrogen-bond donors (Lipinski definition) is 0. The van der Waals surface area contributed by atoms with Crippen LogP contribution in [0.4, 0.5) is 30.7 Å². The molecule has 0 aromatic carbocycles. The number of unbranched alkanes of at least 4 members (excludes halogenated alkanes) is 3. The van der Waals surface area contributed by atoms with Crippen LogP contribution >= 0.6 is 0 Å². The topological polar surface area (TPSA) is 52.6 Å². The van der Waals surface area contributed by atoms with Crippen LogP contribution in [0.2, 0.25) is 0 Å². The van der Waals surface area contributed by atoms with E-state index in [1.54, 1.807) is 0 Å². The largest absolute Gasteiger partial charge is 0.466 e. The van der Waals surface area contributed by atoms with Crippen LogP contribution in [0.25, 0.3) is 0 Å². The Labute approximate surface area is 139 Å². The Morgan fingerprint density at radius 2 is 1.32 bits per heavy atom. The van der Waals surface area contributed by atoms with Crippen molar-refractivity contribution in [2.45, 2.75) is 63.5 Å². The molecular weight excluding hydrogens is 365 g/mol. The van der Waals surface area contributed by atoms with Gasteiger partial charge in [0.2, 0.25) is 0 Å². The van der Waals surface area contributed by atoms with Gasteiger partial charge >= 0.3 is 30.0 Å². The molecule has 25 heavy (non-hydrogen) atoms. The molecule has 0 rings (SSSR count). The van der Waals surface area contributed by atoms with Crippen LogP contribution < -0.4 is 0 Å². The SMILES string of the molecule is CCCCCCOC(=O)CCC(=O)OCC(F)(F)C(F)(F)C(F)(F)F. The highest BCUT2D eigenvalue weighted by atomic mass is 19.4. The first-order chi connectivity index (χ1) is 11.3. The highest BCUT2D eigenvalue weighted by Crippen LogP contribution is 2.46. The molecule has 0 saturated carbocycles. The summed E-state index contributed by atoms with van der Waals surface area (Å²) in [5.74, 6) is -14.3. The van der Waals surface area contributed by atoms with Crippen molar-refractivity contribution in [2.75, 3.05) is 13.2 Å². The Morgan fingerprint density at radius 1 is 0.800 bits per heavy atom. The van der Waals surface area contributed by atoms with Crippen molar-refractivity contribution in [1.29, 1.82) is 0 Å². The van der Waals surface area contributed by atoms with Gasteiger partial charge in [-0.3, -0.25) is 9.59 Å². The molecule has 0 spiro atoms. The molecule has 148 valence electrons. The van der Waals surface area contributed by atoms with E-state index in [9.17, 15) is 40.3 Å². The van der Waals surface area contributed by atoms with Gasteiger partial charge in [0.25, 0.3) is 0 Å². The average Bonchev–Trinajstić information content (AvgIpc) is 2.49. The minimum absolute atomic E-state index is 0.101. The molecule has 0 atom stereocenters. The number of esters is 2. The minimum atomic E-state index is -6.50. The minimum Gasteiger partial charge on any atom is -0.466 e. The summed E-state index contributed by atoms with van der Waals surface area (Å²) in [6.45, 7) is -0.375. The summed E-state index contributed by atoms with van der Waals surface area (Å²) in [6, 6.07) is 0. The number of carbonyl (C=O) groups is 2. The summed E-state index contributed by atoms with van der Waals surface area (Å²) < 4.78 is 94.9. The maximum absolute atomic E-state index is 12.9. The van der Waals surface area contributed by atoms with Gasteiger partial charge < -0.3 is 9.47 Å². The highest BCUT2D eigenvalue weighted by molar-refractivity contribution is 5.77. The van der Waals surface area contributed by atoms with Gasteiger partial charge in [0, 0.05) is 0 Å². The van der Waals surface area contributed by atoms with E-state index in [2.05, 4.69) is 4.74 Å². The lowest BCUT2D eigenvalue weighted by molar-refractivity contribution is -0.359. The second-order valence-corrected chi connectivity index (χ2v) is 5.22. The molecule has 0 amide bonds. The van der Waals surface area contributed by atoms with Crippen LogP contribution in [0.15, 0.2) is 0 Å². The fourth-order valence-electron chi connectivity index (χ4n) is 1.53. The van der Waals surface area contributed by atoms with E-state index in [-0.39, 0.29) is 6.61 Å². The quantitative estimate of drug-likeness (QED) is 0.303. The second kappa shape index (κ2) is 9.81. The van der Waals surface area contributed by atoms with Crippen molar-refractivity contribution in [1.82, 2.24) is 0 Å². The number of hydrogen-bond acceptors (Lipinski definition) is 4. The molecule has 0 aromatic rings. The van der Waals surface area contributed by atoms with Crippen molar-refractivity contribution in [3.63, 3.8) is 0 Å². The maximum Gasteiger partial charge on any atom is 0.460 e. The zero-order valence-corrected chi connectivity index (χ0v) is 13.4. The molecule has 0 N–H and O–H groups in total. The Balaban J connectivity index is 4.17. The molecule has 0 heterocycles. The first-order valence-corrected chi connectivity index (χ1v) is 7.48. The summed E-state index contributed by atoms with van der Waals surface area (Å²) in [5.41, 5.74) is 0. The Hall–Kier alpha value is -1.55. The normalized spacial score (nSPS) is 12.8. The lowest BCUT2D eigenvalue weighted by Crippen LogP contribution is -2.54. The van der Waals surface area contributed by atoms with Crippen molar-refractivity contribution >= 4 is 11.9 Å². The molecule has 0 bridgehead atoms. The molecule has 0 radical (unpaired) electrons. The Bertz CT molecular complexity index is 435. The Morgan fingerprint density at radius 3 is 1.80 bits per heavy atom. The maximum atomic E-state index is 12.9. The fraction of sp³-hybridized carbons (Fsp3) is 0.857. The first kappa shape index (κ1) is 23.4. The summed E-state index contributed by atoms with van der Waals surface area (Å²) >= 11 is 0. The summed E-state index contributed by atoms with van der Waals surface area (Å²) in [7, 11) is 0. The molecule has 0 saturated heterocycles. The first-order valence-electron chi connectivity index (χ1n) is 7.48. The number of carbonyl (C=O) groups excluding carboxylic acids is 2. The van der Waals surface area contributed by atoms with E-state index in [0.717, 1.165) is 19.3 Å². The zero-order valence-electron chi connectivity index (χ0n) is 13.4. The third kappa shape index (κ3) is 7.91. The lowest BCUT2D eigenvalue weighted by Gasteiger charge is -2.27. The van der Waals surface area contributed by atoms with Gasteiger partial charge in [0.05, 0.1) is 19.4 Å². The number of alkyl halides is 7. The average molecular weight is 384 g/mol. The number of halogens is 7. The van der Waals surface area contributed by atoms with E-state index in [4.69, 9.17) is 4.74 Å². The van der Waals surface area contributed by atoms with Crippen LogP contribution in [0.1, 0.15) is 45.4 Å². The standard InChI is InChI=1S/C14H19F7O4/c1-2-3-4-5-8-24-10(22)6-7-11(23)25-9-12(15,16)13(17,18)14(19,20)21/h2-9H2,1H3. The van der Waals surface area contributed by atoms with Gasteiger partial charge in [-0.25, -0.2) is 0 Å². The van der Waals surface area contributed by atoms with Gasteiger partial charge in [0.1, 0.15) is 0 Å². The van der Waals surface area contributed by atoms with Gasteiger partial charge in [-0.05, 0) is 6.42 Å². The van der Waals surface area contributed by atoms with E-state index in [0.29, 0.717) is 6.42 Å². The molecule has 0 aliphatic heterocycles. The van der Waals surface area contributed by atoms with Crippen LogP contribution in [0.5, 0.6) is 0 Å². The highest BCUT2D eigenvalue weighted by Gasteiger charge is 2.73. The molecule has 0 unspecified atom stereocenters. The van der Waals surface area contributed by atoms with Crippen molar-refractivity contribution in [3.8, 4) is 0 Å². The van der Waals surface area contributed by atoms with Crippen molar-refractivity contribution < 1.29 is 49.8 Å². The molecule has 4 nitrogen and oxygen atoms in total. The Kier molecular flexibility index (Phi) is 9.20. The molecule has 0 aromatic heterocycles. The van der Waals surface area contributed by atoms with Gasteiger partial charge in [-0.2, -0.15) is 30.7 Å². The molecule has 11 heteroatoms. The van der Waals surface area contributed by atoms with E-state index >= 15 is 0 Å². The predicted molar refractivity (Wildman–Crippen MR) is 71.2 cm³/mol. The molecule has 0 aliphatic carbocycles. The van der Waals surface area contributed by atoms with Crippen molar-refractivity contribution in [3.05, 3.63) is 0 Å². The van der Waals surface area contributed by atoms with Crippen molar-refractivity contribution in [2.24, 2.45) is 0 Å². The second-order valence-electron chi connectivity index (χ2n) is 5.22. The van der Waals surface area contributed by atoms with Crippen LogP contribution in [-0.4, -0.2) is 43.2 Å². The monoisotopic (exact) mass is 384 g/mol. The molecule has 0 aliphatic rings. The summed E-state index contributed by atoms with van der Waals surface area (Å²) in [6.07, 6.45) is -4.49. The van der Waals surface area contributed by atoms with E-state index in [1.807, 2.05) is 6.92 Å². The van der Waals surface area contributed by atoms with Gasteiger partial charge in [-0.1, -0.05) is 26.2 Å². The molecular formula is C14H19F7O4. The van der Waals surface area contributed by atoms with Crippen LogP contribution in [0, 0.1) is 0 Å². The smallest absolute Gasteiger partial charge is 0.460 e. The number of rotatable bonds is 11. The fourth-order valence-corrected chi connectivity index (χ4v) is 1.53. The predicted octanol–water partition coefficient (Wildman–Crippen LogP) is 4.27. The van der Waals surface area contributed by atoms with E-state index in [1.165, 1.54) is 0 Å². The number of ether oxygens (including phenoxy) is 2. The third-order valence-corrected chi connectivity index (χ3v) is 3.02. The van der Waals surface area contributed by atoms with Gasteiger partial charge in [-0.15, -0.1) is 0 Å². The zero-order chi connectivity index (χ0) is 19.7.